The second-order valence-electron chi connectivity index (χ2n) is 9.16. The van der Waals surface area contributed by atoms with Crippen LogP contribution in [-0.2, 0) is 12.7 Å². The molecule has 1 aliphatic heterocycles. The number of amides is 2. The van der Waals surface area contributed by atoms with E-state index in [1.54, 1.807) is 0 Å². The number of aliphatic hydroxyl groups is 1. The first-order valence-electron chi connectivity index (χ1n) is 11.7. The third-order valence-electron chi connectivity index (χ3n) is 6.44. The lowest BCUT2D eigenvalue weighted by molar-refractivity contribution is -0.137. The maximum Gasteiger partial charge on any atom is 0.416 e. The van der Waals surface area contributed by atoms with Gasteiger partial charge in [-0.15, -0.1) is 0 Å². The number of hydrogen-bond donors (Lipinski definition) is 2. The van der Waals surface area contributed by atoms with Crippen LogP contribution in [0.25, 0.3) is 0 Å². The fourth-order valence-electron chi connectivity index (χ4n) is 4.53. The van der Waals surface area contributed by atoms with E-state index in [1.165, 1.54) is 21.9 Å². The molecule has 2 aromatic rings. The number of anilines is 2. The van der Waals surface area contributed by atoms with Gasteiger partial charge in [0, 0.05) is 31.5 Å². The number of guanidine groups is 1. The van der Waals surface area contributed by atoms with Gasteiger partial charge in [-0.25, -0.2) is 4.79 Å². The number of urea groups is 1. The molecular weight excluding hydrogens is 459 g/mol. The van der Waals surface area contributed by atoms with Gasteiger partial charge in [-0.1, -0.05) is 37.5 Å². The van der Waals surface area contributed by atoms with E-state index in [9.17, 15) is 23.1 Å². The van der Waals surface area contributed by atoms with Crippen molar-refractivity contribution in [1.29, 1.82) is 0 Å². The van der Waals surface area contributed by atoms with E-state index in [0.29, 0.717) is 0 Å². The molecule has 0 bridgehead atoms. The second kappa shape index (κ2) is 10.2. The molecule has 1 aliphatic carbocycles. The fourth-order valence-corrected chi connectivity index (χ4v) is 4.53. The van der Waals surface area contributed by atoms with Crippen LogP contribution in [0.5, 0.6) is 0 Å². The van der Waals surface area contributed by atoms with E-state index in [-0.39, 0.29) is 24.2 Å². The normalized spacial score (nSPS) is 19.5. The largest absolute Gasteiger partial charge is 0.416 e. The number of aliphatic hydroxyl groups excluding tert-OH is 1. The molecule has 2 aliphatic rings. The quantitative estimate of drug-likeness (QED) is 0.613. The summed E-state index contributed by atoms with van der Waals surface area (Å²) in [6, 6.07) is 11.6. The predicted molar refractivity (Wildman–Crippen MR) is 129 cm³/mol. The van der Waals surface area contributed by atoms with Crippen molar-refractivity contribution in [3.63, 3.8) is 0 Å². The number of benzene rings is 2. The van der Waals surface area contributed by atoms with Crippen LogP contribution in [0.2, 0.25) is 0 Å². The van der Waals surface area contributed by atoms with Crippen molar-refractivity contribution in [2.24, 2.45) is 4.99 Å². The Hall–Kier alpha value is -3.27. The van der Waals surface area contributed by atoms with Gasteiger partial charge < -0.3 is 15.3 Å². The topological polar surface area (TPSA) is 71.4 Å². The average Bonchev–Trinajstić information content (AvgIpc) is 2.82. The first-order valence-corrected chi connectivity index (χ1v) is 11.7. The van der Waals surface area contributed by atoms with Crippen molar-refractivity contribution in [1.82, 2.24) is 9.80 Å². The third kappa shape index (κ3) is 5.70. The first kappa shape index (κ1) is 24.8. The Morgan fingerprint density at radius 2 is 1.77 bits per heavy atom. The molecule has 1 fully saturated rings. The summed E-state index contributed by atoms with van der Waals surface area (Å²) in [5, 5.41) is 14.1. The van der Waals surface area contributed by atoms with E-state index in [2.05, 4.69) is 10.3 Å². The molecule has 0 aromatic heterocycles. The van der Waals surface area contributed by atoms with E-state index >= 15 is 0 Å². The van der Waals surface area contributed by atoms with Gasteiger partial charge in [-0.2, -0.15) is 18.2 Å². The highest BCUT2D eigenvalue weighted by Crippen LogP contribution is 2.32. The Bertz CT molecular complexity index is 1070. The molecule has 2 amide bonds. The average molecular weight is 490 g/mol. The summed E-state index contributed by atoms with van der Waals surface area (Å²) in [4.78, 5) is 22.0. The highest BCUT2D eigenvalue weighted by atomic mass is 19.4. The molecular formula is C25H30F3N5O2. The summed E-state index contributed by atoms with van der Waals surface area (Å²) in [7, 11) is 3.86. The molecule has 1 atom stereocenters. The number of nitrogens with one attached hydrogen (secondary N) is 1. The monoisotopic (exact) mass is 489 g/mol. The van der Waals surface area contributed by atoms with Gasteiger partial charge in [0.1, 0.15) is 0 Å². The molecule has 4 rings (SSSR count). The molecule has 1 saturated carbocycles. The number of carbonyl (C=O) groups excluding carboxylic acids is 1. The number of hydrogen-bond acceptors (Lipinski definition) is 5. The maximum absolute atomic E-state index is 13.2. The molecule has 1 heterocycles. The van der Waals surface area contributed by atoms with Crippen LogP contribution in [-0.4, -0.2) is 53.4 Å². The van der Waals surface area contributed by atoms with Crippen LogP contribution in [0.15, 0.2) is 53.5 Å². The molecule has 0 spiro atoms. The number of rotatable bonds is 5. The molecule has 2 N–H and O–H groups in total. The minimum absolute atomic E-state index is 0.00516. The molecule has 0 radical (unpaired) electrons. The van der Waals surface area contributed by atoms with Crippen LogP contribution in [0.4, 0.5) is 29.3 Å². The van der Waals surface area contributed by atoms with Crippen molar-refractivity contribution in [3.05, 3.63) is 59.7 Å². The maximum atomic E-state index is 13.2. The van der Waals surface area contributed by atoms with E-state index in [0.717, 1.165) is 55.5 Å². The summed E-state index contributed by atoms with van der Waals surface area (Å²) in [5.41, 5.74) is 1.16. The number of nitrogens with zero attached hydrogens (tertiary/aromatic N) is 4. The molecule has 1 unspecified atom stereocenters. The van der Waals surface area contributed by atoms with Gasteiger partial charge in [0.05, 0.1) is 12.1 Å². The first-order chi connectivity index (χ1) is 16.6. The minimum atomic E-state index is -4.51. The van der Waals surface area contributed by atoms with Gasteiger partial charge in [0.25, 0.3) is 0 Å². The molecule has 188 valence electrons. The Morgan fingerprint density at radius 3 is 2.40 bits per heavy atom. The van der Waals surface area contributed by atoms with Crippen LogP contribution in [0.1, 0.15) is 43.2 Å². The van der Waals surface area contributed by atoms with Gasteiger partial charge in [0.2, 0.25) is 12.3 Å². The summed E-state index contributed by atoms with van der Waals surface area (Å²) in [6.07, 6.45) is -1.24. The number of alkyl halides is 3. The minimum Gasteiger partial charge on any atom is -0.378 e. The molecule has 35 heavy (non-hydrogen) atoms. The van der Waals surface area contributed by atoms with Crippen LogP contribution in [0, 0.1) is 0 Å². The zero-order valence-corrected chi connectivity index (χ0v) is 19.8. The van der Waals surface area contributed by atoms with E-state index < -0.39 is 24.1 Å². The molecule has 10 heteroatoms. The lowest BCUT2D eigenvalue weighted by Crippen LogP contribution is -2.61. The zero-order chi connectivity index (χ0) is 25.2. The van der Waals surface area contributed by atoms with Gasteiger partial charge in [-0.3, -0.25) is 9.80 Å². The number of aliphatic imine (C=N–C) groups is 1. The van der Waals surface area contributed by atoms with Gasteiger partial charge >= 0.3 is 12.2 Å². The van der Waals surface area contributed by atoms with Crippen molar-refractivity contribution in [2.75, 3.05) is 24.3 Å². The fraction of sp³-hybridized carbons (Fsp3) is 0.440. The molecule has 7 nitrogen and oxygen atoms in total. The Balaban J connectivity index is 1.65. The smallest absolute Gasteiger partial charge is 0.378 e. The Labute approximate surface area is 202 Å². The van der Waals surface area contributed by atoms with E-state index in [4.69, 9.17) is 0 Å². The van der Waals surface area contributed by atoms with Crippen molar-refractivity contribution in [2.45, 2.75) is 57.2 Å². The third-order valence-corrected chi connectivity index (χ3v) is 6.44. The zero-order valence-electron chi connectivity index (χ0n) is 19.8. The van der Waals surface area contributed by atoms with Crippen molar-refractivity contribution >= 4 is 23.4 Å². The summed E-state index contributed by atoms with van der Waals surface area (Å²) < 4.78 is 39.6. The van der Waals surface area contributed by atoms with Crippen molar-refractivity contribution in [3.8, 4) is 0 Å². The Kier molecular flexibility index (Phi) is 7.20. The SMILES string of the molecule is CN(C)c1ccc(CN2C(Nc3cccc(C(F)(F)F)c3)=NC(=O)N(C3CCCCC3)C2O)cc1. The predicted octanol–water partition coefficient (Wildman–Crippen LogP) is 5.09. The highest BCUT2D eigenvalue weighted by molar-refractivity contribution is 6.02. The van der Waals surface area contributed by atoms with Gasteiger partial charge in [0.15, 0.2) is 0 Å². The lowest BCUT2D eigenvalue weighted by atomic mass is 9.94. The Morgan fingerprint density at radius 1 is 1.09 bits per heavy atom. The van der Waals surface area contributed by atoms with Crippen LogP contribution < -0.4 is 10.2 Å². The lowest BCUT2D eigenvalue weighted by Gasteiger charge is -2.44. The van der Waals surface area contributed by atoms with Crippen LogP contribution in [0.3, 0.4) is 0 Å². The number of carbonyl (C=O) groups is 1. The molecule has 2 aromatic carbocycles. The highest BCUT2D eigenvalue weighted by Gasteiger charge is 2.39. The second-order valence-corrected chi connectivity index (χ2v) is 9.16. The van der Waals surface area contributed by atoms with E-state index in [1.807, 2.05) is 43.3 Å². The van der Waals surface area contributed by atoms with Crippen molar-refractivity contribution < 1.29 is 23.1 Å². The summed E-state index contributed by atoms with van der Waals surface area (Å²) >= 11 is 0. The van der Waals surface area contributed by atoms with Gasteiger partial charge in [-0.05, 0) is 48.7 Å². The standard InChI is InChI=1S/C25H30F3N5O2/c1-31(2)20-13-11-17(12-14-20)16-32-22(29-19-8-6-7-18(15-19)25(26,27)28)30-23(34)33(24(32)35)21-9-4-3-5-10-21/h6-8,11-15,21,24,35H,3-5,9-10,16H2,1-2H3,(H,29,30,34). The number of halogens is 3. The summed E-state index contributed by atoms with van der Waals surface area (Å²) in [6.45, 7) is 0.205. The molecule has 0 saturated heterocycles. The van der Waals surface area contributed by atoms with Crippen LogP contribution >= 0.6 is 0 Å². The summed E-state index contributed by atoms with van der Waals surface area (Å²) in [5.74, 6) is 0.00516.